The zero-order valence-electron chi connectivity index (χ0n) is 16.3. The second-order valence-corrected chi connectivity index (χ2v) is 6.50. The fourth-order valence-corrected chi connectivity index (χ4v) is 2.91. The van der Waals surface area contributed by atoms with Crippen LogP contribution >= 0.6 is 0 Å². The van der Waals surface area contributed by atoms with E-state index in [-0.39, 0.29) is 12.1 Å². The highest BCUT2D eigenvalue weighted by molar-refractivity contribution is 5.96. The van der Waals surface area contributed by atoms with Gasteiger partial charge >= 0.3 is 11.7 Å². The van der Waals surface area contributed by atoms with Crippen molar-refractivity contribution in [2.24, 2.45) is 0 Å². The van der Waals surface area contributed by atoms with Crippen molar-refractivity contribution in [1.82, 2.24) is 9.97 Å². The van der Waals surface area contributed by atoms with Crippen molar-refractivity contribution in [1.29, 1.82) is 0 Å². The topological polar surface area (TPSA) is 113 Å². The summed E-state index contributed by atoms with van der Waals surface area (Å²) in [5, 5.41) is 2.68. The van der Waals surface area contributed by atoms with Crippen molar-refractivity contribution in [3.05, 3.63) is 58.5 Å². The molecule has 1 amide bonds. The first-order valence-corrected chi connectivity index (χ1v) is 9.39. The summed E-state index contributed by atoms with van der Waals surface area (Å²) in [4.78, 5) is 41.0. The van der Waals surface area contributed by atoms with Gasteiger partial charge in [0.25, 0.3) is 5.91 Å². The van der Waals surface area contributed by atoms with Crippen LogP contribution in [0.3, 0.4) is 0 Å². The third-order valence-electron chi connectivity index (χ3n) is 4.33. The van der Waals surface area contributed by atoms with Crippen molar-refractivity contribution >= 4 is 28.6 Å². The number of para-hydroxylation sites is 1. The number of anilines is 1. The number of hydrogen-bond acceptors (Lipinski definition) is 5. The number of aryl methyl sites for hydroxylation is 1. The number of benzene rings is 2. The van der Waals surface area contributed by atoms with Crippen LogP contribution in [0.5, 0.6) is 5.75 Å². The van der Waals surface area contributed by atoms with E-state index < -0.39 is 18.0 Å². The smallest absolute Gasteiger partial charge is 0.323 e. The average Bonchev–Trinajstić information content (AvgIpc) is 3.06. The number of H-pyrrole nitrogens is 2. The molecule has 2 aromatic carbocycles. The van der Waals surface area contributed by atoms with E-state index in [2.05, 4.69) is 15.3 Å². The van der Waals surface area contributed by atoms with E-state index >= 15 is 0 Å². The number of rotatable bonds is 8. The summed E-state index contributed by atoms with van der Waals surface area (Å²) >= 11 is 0. The molecule has 0 fully saturated rings. The first kappa shape index (κ1) is 20.2. The second-order valence-electron chi connectivity index (χ2n) is 6.50. The Morgan fingerprint density at radius 2 is 1.86 bits per heavy atom. The summed E-state index contributed by atoms with van der Waals surface area (Å²) in [6.45, 7) is 3.95. The van der Waals surface area contributed by atoms with Crippen molar-refractivity contribution < 1.29 is 19.1 Å². The van der Waals surface area contributed by atoms with Gasteiger partial charge in [-0.3, -0.25) is 9.59 Å². The molecule has 0 unspecified atom stereocenters. The summed E-state index contributed by atoms with van der Waals surface area (Å²) in [6.07, 6.45) is -0.357. The van der Waals surface area contributed by atoms with Crippen LogP contribution in [0.2, 0.25) is 0 Å². The maximum Gasteiger partial charge on any atom is 0.323 e. The number of nitrogens with one attached hydrogen (secondary N) is 3. The molecule has 0 saturated carbocycles. The lowest BCUT2D eigenvalue weighted by Crippen LogP contribution is -2.30. The number of imidazole rings is 1. The van der Waals surface area contributed by atoms with E-state index in [4.69, 9.17) is 9.47 Å². The molecule has 3 N–H and O–H groups in total. The maximum absolute atomic E-state index is 12.3. The van der Waals surface area contributed by atoms with Crippen LogP contribution in [0.15, 0.2) is 47.3 Å². The van der Waals surface area contributed by atoms with Gasteiger partial charge in [-0.05, 0) is 50.1 Å². The van der Waals surface area contributed by atoms with Crippen LogP contribution in [0.25, 0.3) is 11.0 Å². The largest absolute Gasteiger partial charge is 0.494 e. The summed E-state index contributed by atoms with van der Waals surface area (Å²) in [5.74, 6) is -0.179. The lowest BCUT2D eigenvalue weighted by Gasteiger charge is -2.14. The van der Waals surface area contributed by atoms with Crippen molar-refractivity contribution in [2.45, 2.75) is 32.8 Å². The zero-order valence-corrected chi connectivity index (χ0v) is 16.3. The van der Waals surface area contributed by atoms with E-state index in [9.17, 15) is 14.4 Å². The number of hydrogen-bond donors (Lipinski definition) is 3. The molecule has 1 aromatic heterocycles. The van der Waals surface area contributed by atoms with E-state index in [1.807, 2.05) is 31.2 Å². The highest BCUT2D eigenvalue weighted by atomic mass is 16.5. The summed E-state index contributed by atoms with van der Waals surface area (Å²) in [5.41, 5.74) is 2.30. The molecule has 3 rings (SSSR count). The Kier molecular flexibility index (Phi) is 6.33. The average molecular weight is 397 g/mol. The molecule has 3 aromatic rings. The molecular formula is C21H23N3O5. The lowest BCUT2D eigenvalue weighted by molar-refractivity contribution is -0.153. The van der Waals surface area contributed by atoms with Crippen molar-refractivity contribution in [2.75, 3.05) is 11.9 Å². The molecule has 29 heavy (non-hydrogen) atoms. The fourth-order valence-electron chi connectivity index (χ4n) is 2.91. The molecule has 0 aliphatic rings. The molecule has 1 atom stereocenters. The van der Waals surface area contributed by atoms with Gasteiger partial charge in [-0.2, -0.15) is 0 Å². The number of carbonyl (C=O) groups excluding carboxylic acids is 2. The van der Waals surface area contributed by atoms with E-state index in [0.29, 0.717) is 29.7 Å². The van der Waals surface area contributed by atoms with E-state index in [1.54, 1.807) is 18.2 Å². The fraction of sp³-hybridized carbons (Fsp3) is 0.286. The van der Waals surface area contributed by atoms with Crippen LogP contribution in [-0.2, 0) is 20.7 Å². The summed E-state index contributed by atoms with van der Waals surface area (Å²) in [6, 6.07) is 12.5. The van der Waals surface area contributed by atoms with Crippen molar-refractivity contribution in [3.63, 3.8) is 0 Å². The second kappa shape index (κ2) is 9.09. The van der Waals surface area contributed by atoms with Gasteiger partial charge in [-0.15, -0.1) is 0 Å². The van der Waals surface area contributed by atoms with Gasteiger partial charge in [0.05, 0.1) is 17.6 Å². The van der Waals surface area contributed by atoms with Crippen LogP contribution in [0.1, 0.15) is 25.8 Å². The third-order valence-corrected chi connectivity index (χ3v) is 4.33. The molecule has 152 valence electrons. The van der Waals surface area contributed by atoms with E-state index in [0.717, 1.165) is 11.3 Å². The Labute approximate surface area is 167 Å². The predicted molar refractivity (Wildman–Crippen MR) is 109 cm³/mol. The molecule has 0 saturated heterocycles. The summed E-state index contributed by atoms with van der Waals surface area (Å²) < 4.78 is 10.8. The van der Waals surface area contributed by atoms with Crippen LogP contribution in [0, 0.1) is 0 Å². The van der Waals surface area contributed by atoms with Gasteiger partial charge in [0, 0.05) is 12.1 Å². The highest BCUT2D eigenvalue weighted by Gasteiger charge is 2.18. The van der Waals surface area contributed by atoms with Gasteiger partial charge in [0.15, 0.2) is 6.10 Å². The molecular weight excluding hydrogens is 374 g/mol. The molecule has 1 heterocycles. The normalized spacial score (nSPS) is 11.8. The molecule has 8 nitrogen and oxygen atoms in total. The molecule has 0 aliphatic heterocycles. The van der Waals surface area contributed by atoms with Gasteiger partial charge in [0.1, 0.15) is 5.75 Å². The Morgan fingerprint density at radius 3 is 2.66 bits per heavy atom. The number of ether oxygens (including phenoxy) is 2. The number of fused-ring (bicyclic) bond motifs is 1. The number of aromatic nitrogens is 2. The Hall–Kier alpha value is -3.55. The monoisotopic (exact) mass is 397 g/mol. The molecule has 0 radical (unpaired) electrons. The predicted octanol–water partition coefficient (Wildman–Crippen LogP) is 2.76. The first-order valence-electron chi connectivity index (χ1n) is 9.39. The lowest BCUT2D eigenvalue weighted by atomic mass is 10.1. The molecule has 0 spiro atoms. The number of esters is 1. The van der Waals surface area contributed by atoms with Crippen LogP contribution in [0.4, 0.5) is 5.69 Å². The highest BCUT2D eigenvalue weighted by Crippen LogP contribution is 2.20. The Bertz CT molecular complexity index is 1070. The first-order chi connectivity index (χ1) is 14.0. The van der Waals surface area contributed by atoms with Gasteiger partial charge in [0.2, 0.25) is 0 Å². The van der Waals surface area contributed by atoms with Gasteiger partial charge in [-0.1, -0.05) is 18.2 Å². The summed E-state index contributed by atoms with van der Waals surface area (Å²) in [7, 11) is 0. The number of carbonyl (C=O) groups is 2. The minimum atomic E-state index is -0.953. The van der Waals surface area contributed by atoms with Crippen LogP contribution in [-0.4, -0.2) is 34.6 Å². The number of aromatic amines is 2. The molecule has 0 bridgehead atoms. The van der Waals surface area contributed by atoms with Gasteiger partial charge < -0.3 is 24.8 Å². The molecule has 8 heteroatoms. The van der Waals surface area contributed by atoms with Gasteiger partial charge in [-0.25, -0.2) is 4.79 Å². The quantitative estimate of drug-likeness (QED) is 0.506. The van der Waals surface area contributed by atoms with Crippen molar-refractivity contribution in [3.8, 4) is 5.75 Å². The minimum Gasteiger partial charge on any atom is -0.494 e. The maximum atomic E-state index is 12.3. The SMILES string of the molecule is CCOc1ccccc1CCC(=O)O[C@@H](C)C(=O)Nc1ccc2[nH]c(=O)[nH]c2c1. The standard InChI is InChI=1S/C21H23N3O5/c1-3-28-18-7-5-4-6-14(18)8-11-19(25)29-13(2)20(26)22-15-9-10-16-17(12-15)24-21(27)23-16/h4-7,9-10,12-13H,3,8,11H2,1-2H3,(H,22,26)(H2,23,24,27)/t13-/m0/s1. The van der Waals surface area contributed by atoms with Crippen LogP contribution < -0.4 is 15.7 Å². The minimum absolute atomic E-state index is 0.137. The van der Waals surface area contributed by atoms with E-state index in [1.165, 1.54) is 6.92 Å². The Balaban J connectivity index is 1.53. The Morgan fingerprint density at radius 1 is 1.10 bits per heavy atom. The molecule has 0 aliphatic carbocycles. The number of amides is 1. The third kappa shape index (κ3) is 5.25. The zero-order chi connectivity index (χ0) is 20.8.